The van der Waals surface area contributed by atoms with Gasteiger partial charge in [-0.1, -0.05) is 0 Å². The zero-order chi connectivity index (χ0) is 38.9. The van der Waals surface area contributed by atoms with E-state index >= 15 is 0 Å². The van der Waals surface area contributed by atoms with Crippen molar-refractivity contribution in [1.82, 2.24) is 30.6 Å². The lowest BCUT2D eigenvalue weighted by atomic mass is 10.1. The highest BCUT2D eigenvalue weighted by Gasteiger charge is 2.22. The quantitative estimate of drug-likeness (QED) is 0.0315. The van der Waals surface area contributed by atoms with Gasteiger partial charge < -0.3 is 51.6 Å². The minimum absolute atomic E-state index is 0.0517. The molecule has 0 saturated heterocycles. The molecule has 20 heteroatoms. The number of carbonyl (C=O) groups excluding carboxylic acids is 2. The third-order valence-corrected chi connectivity index (χ3v) is 7.83. The second-order valence-corrected chi connectivity index (χ2v) is 11.8. The molecule has 0 radical (unpaired) electrons. The van der Waals surface area contributed by atoms with Crippen LogP contribution >= 0.6 is 0 Å². The zero-order valence-electron chi connectivity index (χ0n) is 29.7. The van der Waals surface area contributed by atoms with E-state index in [-0.39, 0.29) is 48.0 Å². The van der Waals surface area contributed by atoms with Crippen LogP contribution in [-0.4, -0.2) is 109 Å². The Bertz CT molecular complexity index is 2000. The molecule has 2 amide bonds. The smallest absolute Gasteiger partial charge is 0.326 e. The van der Waals surface area contributed by atoms with Gasteiger partial charge >= 0.3 is 5.97 Å². The van der Waals surface area contributed by atoms with Gasteiger partial charge in [0.2, 0.25) is 11.9 Å². The van der Waals surface area contributed by atoms with Gasteiger partial charge in [-0.3, -0.25) is 29.0 Å². The number of ether oxygens (including phenoxy) is 3. The third kappa shape index (κ3) is 12.3. The van der Waals surface area contributed by atoms with Crippen LogP contribution < -0.4 is 48.7 Å². The third-order valence-electron chi connectivity index (χ3n) is 7.83. The Morgan fingerprint density at radius 2 is 1.52 bits per heavy atom. The van der Waals surface area contributed by atoms with Gasteiger partial charge in [-0.2, -0.15) is 4.98 Å². The minimum atomic E-state index is -1.27. The summed E-state index contributed by atoms with van der Waals surface area (Å²) in [6.45, 7) is 3.45. The zero-order valence-corrected chi connectivity index (χ0v) is 29.7. The Labute approximate surface area is 308 Å². The standard InChI is InChI=1S/C34H44N10O10/c1-36-25-26(29(47)28(25)46)38-11-3-13-53-15-17-54-16-14-52-12-2-10-37-24(45)9-8-23(33(50)51)42-31(48)20-4-6-21(7-5-20)39-18-22-19-40-30-27(41-22)32(49)44-34(35)43-30/h4-7,19,23,36,38-39H,2-3,8-18H2,1H3,(H,37,45)(H,42,48)(H,50,51)(H3,35,40,43,44,49)/t23-/m0/s1. The van der Waals surface area contributed by atoms with Crippen molar-refractivity contribution >= 4 is 52.0 Å². The number of anilines is 4. The molecule has 0 unspecified atom stereocenters. The fourth-order valence-electron chi connectivity index (χ4n) is 4.98. The number of carboxylic acid groups (broad SMARTS) is 1. The SMILES string of the molecule is CNc1c(NCCCOCCOCCOCCCNC(=O)CC[C@H](NC(=O)c2ccc(NCc3cnc4nc(N)[nH]c(=O)c4n3)cc2)C(=O)O)c(=O)c1=O. The lowest BCUT2D eigenvalue weighted by Crippen LogP contribution is -2.41. The Balaban J connectivity index is 1.01. The molecule has 2 aromatic carbocycles. The van der Waals surface area contributed by atoms with Gasteiger partial charge in [0.15, 0.2) is 11.2 Å². The molecule has 0 fully saturated rings. The number of aromatic amines is 1. The molecule has 9 N–H and O–H groups in total. The van der Waals surface area contributed by atoms with Crippen LogP contribution in [0.2, 0.25) is 0 Å². The van der Waals surface area contributed by atoms with Crippen LogP contribution in [0.5, 0.6) is 0 Å². The van der Waals surface area contributed by atoms with E-state index in [2.05, 4.69) is 46.5 Å². The first kappa shape index (κ1) is 40.8. The molecular formula is C34H44N10O10. The molecule has 0 aliphatic rings. The first-order valence-electron chi connectivity index (χ1n) is 17.2. The van der Waals surface area contributed by atoms with Crippen LogP contribution in [-0.2, 0) is 30.3 Å². The Morgan fingerprint density at radius 3 is 2.19 bits per heavy atom. The largest absolute Gasteiger partial charge is 0.480 e. The predicted molar refractivity (Wildman–Crippen MR) is 198 cm³/mol. The number of aliphatic carboxylic acids is 1. The molecular weight excluding hydrogens is 708 g/mol. The molecule has 0 saturated carbocycles. The van der Waals surface area contributed by atoms with Crippen molar-refractivity contribution in [2.45, 2.75) is 38.3 Å². The first-order chi connectivity index (χ1) is 26.1. The summed E-state index contributed by atoms with van der Waals surface area (Å²) < 4.78 is 16.4. The van der Waals surface area contributed by atoms with E-state index < -0.39 is 34.3 Å². The average molecular weight is 753 g/mol. The van der Waals surface area contributed by atoms with E-state index in [0.717, 1.165) is 0 Å². The number of amides is 2. The van der Waals surface area contributed by atoms with Crippen LogP contribution in [0, 0.1) is 0 Å². The van der Waals surface area contributed by atoms with Gasteiger partial charge in [0, 0.05) is 51.0 Å². The summed E-state index contributed by atoms with van der Waals surface area (Å²) in [5, 5.41) is 23.5. The molecule has 0 aliphatic carbocycles. The van der Waals surface area contributed by atoms with Crippen LogP contribution in [0.15, 0.2) is 44.8 Å². The van der Waals surface area contributed by atoms with Crippen LogP contribution in [0.3, 0.4) is 0 Å². The first-order valence-corrected chi connectivity index (χ1v) is 17.2. The number of nitrogens with two attached hydrogens (primary N) is 1. The number of H-pyrrole nitrogens is 1. The minimum Gasteiger partial charge on any atom is -0.480 e. The summed E-state index contributed by atoms with van der Waals surface area (Å²) in [4.78, 5) is 86.4. The average Bonchev–Trinajstić information content (AvgIpc) is 3.16. The van der Waals surface area contributed by atoms with E-state index in [9.17, 15) is 33.9 Å². The number of carbonyl (C=O) groups is 3. The summed E-state index contributed by atoms with van der Waals surface area (Å²) in [6, 6.07) is 5.02. The van der Waals surface area contributed by atoms with E-state index in [4.69, 9.17) is 19.9 Å². The van der Waals surface area contributed by atoms with Crippen molar-refractivity contribution in [3.63, 3.8) is 0 Å². The number of aromatic nitrogens is 4. The maximum absolute atomic E-state index is 12.7. The second-order valence-electron chi connectivity index (χ2n) is 11.8. The van der Waals surface area contributed by atoms with Crippen molar-refractivity contribution in [3.05, 3.63) is 72.5 Å². The molecule has 2 aromatic heterocycles. The highest BCUT2D eigenvalue weighted by Crippen LogP contribution is 2.14. The van der Waals surface area contributed by atoms with Crippen molar-refractivity contribution in [1.29, 1.82) is 0 Å². The normalized spacial score (nSPS) is 11.6. The number of benzene rings is 1. The molecule has 0 bridgehead atoms. The van der Waals surface area contributed by atoms with Crippen molar-refractivity contribution < 1.29 is 33.7 Å². The Kier molecular flexibility index (Phi) is 15.8. The number of rotatable bonds is 25. The van der Waals surface area contributed by atoms with Crippen LogP contribution in [0.25, 0.3) is 11.2 Å². The van der Waals surface area contributed by atoms with Gasteiger partial charge in [-0.05, 0) is 43.5 Å². The summed E-state index contributed by atoms with van der Waals surface area (Å²) in [7, 11) is 1.59. The van der Waals surface area contributed by atoms with Gasteiger partial charge in [-0.15, -0.1) is 0 Å². The van der Waals surface area contributed by atoms with Gasteiger partial charge in [0.25, 0.3) is 22.3 Å². The fourth-order valence-corrected chi connectivity index (χ4v) is 4.98. The van der Waals surface area contributed by atoms with E-state index in [1.165, 1.54) is 18.3 Å². The molecule has 4 aromatic rings. The maximum Gasteiger partial charge on any atom is 0.326 e. The number of fused-ring (bicyclic) bond motifs is 1. The van der Waals surface area contributed by atoms with Gasteiger partial charge in [0.05, 0.1) is 44.9 Å². The summed E-state index contributed by atoms with van der Waals surface area (Å²) in [5.41, 5.74) is 6.13. The van der Waals surface area contributed by atoms with Crippen LogP contribution in [0.1, 0.15) is 41.7 Å². The fraction of sp³-hybridized carbons (Fsp3) is 0.441. The monoisotopic (exact) mass is 752 g/mol. The summed E-state index contributed by atoms with van der Waals surface area (Å²) in [5.74, 6) is -2.28. The highest BCUT2D eigenvalue weighted by atomic mass is 16.5. The predicted octanol–water partition coefficient (Wildman–Crippen LogP) is -0.433. The Morgan fingerprint density at radius 1 is 0.870 bits per heavy atom. The van der Waals surface area contributed by atoms with Crippen LogP contribution in [0.4, 0.5) is 23.0 Å². The number of carboxylic acids is 1. The number of nitrogen functional groups attached to an aromatic ring is 1. The molecule has 0 spiro atoms. The molecule has 2 heterocycles. The number of hydrogen-bond donors (Lipinski definition) is 8. The van der Waals surface area contributed by atoms with E-state index in [0.29, 0.717) is 88.3 Å². The maximum atomic E-state index is 12.7. The molecule has 1 atom stereocenters. The molecule has 0 aliphatic heterocycles. The summed E-state index contributed by atoms with van der Waals surface area (Å²) in [6.07, 6.45) is 2.46. The Hall–Kier alpha value is -5.99. The van der Waals surface area contributed by atoms with Crippen molar-refractivity contribution in [2.75, 3.05) is 81.5 Å². The summed E-state index contributed by atoms with van der Waals surface area (Å²) >= 11 is 0. The molecule has 54 heavy (non-hydrogen) atoms. The highest BCUT2D eigenvalue weighted by molar-refractivity contribution is 5.97. The van der Waals surface area contributed by atoms with E-state index in [1.54, 1.807) is 19.2 Å². The number of hydrogen-bond acceptors (Lipinski definition) is 16. The van der Waals surface area contributed by atoms with E-state index in [1.807, 2.05) is 0 Å². The van der Waals surface area contributed by atoms with Crippen molar-refractivity contribution in [2.24, 2.45) is 0 Å². The van der Waals surface area contributed by atoms with Gasteiger partial charge in [-0.25, -0.2) is 14.8 Å². The van der Waals surface area contributed by atoms with Gasteiger partial charge in [0.1, 0.15) is 17.4 Å². The molecule has 4 rings (SSSR count). The second kappa shape index (κ2) is 20.9. The molecule has 290 valence electrons. The topological polar surface area (TPSA) is 291 Å². The lowest BCUT2D eigenvalue weighted by Gasteiger charge is -2.15. The lowest BCUT2D eigenvalue weighted by molar-refractivity contribution is -0.139. The molecule has 20 nitrogen and oxygen atoms in total. The number of nitrogens with zero attached hydrogens (tertiary/aromatic N) is 3. The number of nitrogens with one attached hydrogen (secondary N) is 6. The van der Waals surface area contributed by atoms with Crippen molar-refractivity contribution in [3.8, 4) is 0 Å².